The second-order valence-electron chi connectivity index (χ2n) is 6.93. The summed E-state index contributed by atoms with van der Waals surface area (Å²) in [4.78, 5) is 21.9. The van der Waals surface area contributed by atoms with E-state index < -0.39 is 0 Å². The van der Waals surface area contributed by atoms with Gasteiger partial charge in [-0.25, -0.2) is 9.37 Å². The Kier molecular flexibility index (Phi) is 7.76. The first-order chi connectivity index (χ1) is 14.5. The van der Waals surface area contributed by atoms with Crippen LogP contribution in [0.15, 0.2) is 42.5 Å². The maximum absolute atomic E-state index is 13.2. The number of aromatic nitrogens is 1. The average Bonchev–Trinajstić information content (AvgIpc) is 3.16. The van der Waals surface area contributed by atoms with E-state index in [0.717, 1.165) is 41.2 Å². The predicted molar refractivity (Wildman–Crippen MR) is 121 cm³/mol. The quantitative estimate of drug-likeness (QED) is 0.467. The van der Waals surface area contributed by atoms with Crippen LogP contribution in [0.2, 0.25) is 0 Å². The maximum atomic E-state index is 13.2. The van der Waals surface area contributed by atoms with E-state index in [9.17, 15) is 9.18 Å². The van der Waals surface area contributed by atoms with Gasteiger partial charge in [0.2, 0.25) is 5.91 Å². The summed E-state index contributed by atoms with van der Waals surface area (Å²) in [6, 6.07) is 11.9. The number of nitrogens with zero attached hydrogens (tertiary/aromatic N) is 3. The minimum atomic E-state index is -0.305. The number of fused-ring (bicyclic) bond motifs is 1. The van der Waals surface area contributed by atoms with Gasteiger partial charge < -0.3 is 9.64 Å². The van der Waals surface area contributed by atoms with Gasteiger partial charge in [0.05, 0.1) is 23.2 Å². The van der Waals surface area contributed by atoms with Crippen molar-refractivity contribution in [2.45, 2.75) is 27.2 Å². The lowest BCUT2D eigenvalue weighted by atomic mass is 10.1. The molecule has 0 spiro atoms. The number of hydrogen-bond donors (Lipinski definition) is 0. The highest BCUT2D eigenvalue weighted by Gasteiger charge is 2.21. The summed E-state index contributed by atoms with van der Waals surface area (Å²) in [5.74, 6) is 0.450. The zero-order valence-corrected chi connectivity index (χ0v) is 18.5. The van der Waals surface area contributed by atoms with Crippen LogP contribution < -0.4 is 9.64 Å². The highest BCUT2D eigenvalue weighted by molar-refractivity contribution is 7.22. The van der Waals surface area contributed by atoms with Crippen molar-refractivity contribution in [3.63, 3.8) is 0 Å². The Labute approximate surface area is 181 Å². The first kappa shape index (κ1) is 22.2. The Morgan fingerprint density at radius 2 is 1.80 bits per heavy atom. The van der Waals surface area contributed by atoms with E-state index in [0.29, 0.717) is 18.3 Å². The average molecular weight is 430 g/mol. The summed E-state index contributed by atoms with van der Waals surface area (Å²) >= 11 is 1.49. The van der Waals surface area contributed by atoms with Crippen molar-refractivity contribution in [3.8, 4) is 5.75 Å². The normalized spacial score (nSPS) is 11.2. The number of benzene rings is 2. The van der Waals surface area contributed by atoms with Gasteiger partial charge in [0.15, 0.2) is 5.13 Å². The molecule has 160 valence electrons. The van der Waals surface area contributed by atoms with Crippen molar-refractivity contribution < 1.29 is 13.9 Å². The Morgan fingerprint density at radius 3 is 2.47 bits per heavy atom. The fourth-order valence-electron chi connectivity index (χ4n) is 3.25. The molecule has 1 amide bonds. The molecule has 1 aromatic heterocycles. The summed E-state index contributed by atoms with van der Waals surface area (Å²) in [6.45, 7) is 9.95. The summed E-state index contributed by atoms with van der Waals surface area (Å²) < 4.78 is 19.8. The molecule has 0 unspecified atom stereocenters. The number of carbonyl (C=O) groups excluding carboxylic acids is 1. The Morgan fingerprint density at radius 1 is 1.07 bits per heavy atom. The third-order valence-electron chi connectivity index (χ3n) is 4.99. The molecule has 0 N–H and O–H groups in total. The monoisotopic (exact) mass is 429 g/mol. The fourth-order valence-corrected chi connectivity index (χ4v) is 4.28. The number of anilines is 1. The molecule has 0 aliphatic heterocycles. The minimum absolute atomic E-state index is 0.0437. The molecule has 0 saturated heterocycles. The topological polar surface area (TPSA) is 45.7 Å². The molecule has 30 heavy (non-hydrogen) atoms. The zero-order chi connectivity index (χ0) is 21.5. The van der Waals surface area contributed by atoms with Crippen molar-refractivity contribution in [1.29, 1.82) is 0 Å². The van der Waals surface area contributed by atoms with Gasteiger partial charge in [0.25, 0.3) is 0 Å². The van der Waals surface area contributed by atoms with Crippen LogP contribution >= 0.6 is 11.3 Å². The molecule has 1 heterocycles. The van der Waals surface area contributed by atoms with Crippen molar-refractivity contribution in [2.75, 3.05) is 37.7 Å². The molecule has 7 heteroatoms. The van der Waals surface area contributed by atoms with Crippen molar-refractivity contribution >= 4 is 32.6 Å². The van der Waals surface area contributed by atoms with Crippen molar-refractivity contribution in [1.82, 2.24) is 9.88 Å². The standard InChI is InChI=1S/C23H28FN3O2S/c1-4-26(5-2)13-14-27(22(28)15-17-7-9-18(24)10-8-17)23-25-20-12-11-19(29-6-3)16-21(20)30-23/h7-12,16H,4-6,13-15H2,1-3H3. The Hall–Kier alpha value is -2.51. The number of carbonyl (C=O) groups is 1. The third-order valence-corrected chi connectivity index (χ3v) is 6.04. The summed E-state index contributed by atoms with van der Waals surface area (Å²) in [5.41, 5.74) is 1.63. The molecule has 3 aromatic rings. The molecule has 2 aromatic carbocycles. The molecule has 0 radical (unpaired) electrons. The zero-order valence-electron chi connectivity index (χ0n) is 17.7. The Balaban J connectivity index is 1.86. The molecule has 0 saturated carbocycles. The second-order valence-corrected chi connectivity index (χ2v) is 7.94. The molecule has 0 aliphatic carbocycles. The van der Waals surface area contributed by atoms with Gasteiger partial charge in [-0.2, -0.15) is 0 Å². The molecular weight excluding hydrogens is 401 g/mol. The van der Waals surface area contributed by atoms with E-state index in [4.69, 9.17) is 9.72 Å². The number of halogens is 1. The molecule has 0 bridgehead atoms. The molecule has 3 rings (SSSR count). The summed E-state index contributed by atoms with van der Waals surface area (Å²) in [5, 5.41) is 0.679. The lowest BCUT2D eigenvalue weighted by Crippen LogP contribution is -2.39. The van der Waals surface area contributed by atoms with Crippen LogP contribution in [0.25, 0.3) is 10.2 Å². The number of thiazole rings is 1. The summed E-state index contributed by atoms with van der Waals surface area (Å²) in [7, 11) is 0. The largest absolute Gasteiger partial charge is 0.494 e. The van der Waals surface area contributed by atoms with E-state index in [2.05, 4.69) is 18.7 Å². The van der Waals surface area contributed by atoms with Gasteiger partial charge in [-0.15, -0.1) is 0 Å². The van der Waals surface area contributed by atoms with Crippen molar-refractivity contribution in [3.05, 3.63) is 53.8 Å². The molecular formula is C23H28FN3O2S. The van der Waals surface area contributed by atoms with Gasteiger partial charge >= 0.3 is 0 Å². The maximum Gasteiger partial charge on any atom is 0.233 e. The Bertz CT molecular complexity index is 970. The number of likely N-dealkylation sites (N-methyl/N-ethyl adjacent to an activating group) is 1. The van der Waals surface area contributed by atoms with Crippen LogP contribution in [-0.4, -0.2) is 48.6 Å². The van der Waals surface area contributed by atoms with Crippen LogP contribution in [0.4, 0.5) is 9.52 Å². The number of hydrogen-bond acceptors (Lipinski definition) is 5. The predicted octanol–water partition coefficient (Wildman–Crippen LogP) is 4.75. The van der Waals surface area contributed by atoms with Crippen LogP contribution in [0.5, 0.6) is 5.75 Å². The van der Waals surface area contributed by atoms with E-state index in [1.807, 2.05) is 25.1 Å². The van der Waals surface area contributed by atoms with Crippen LogP contribution in [0, 0.1) is 5.82 Å². The van der Waals surface area contributed by atoms with E-state index in [1.54, 1.807) is 17.0 Å². The lowest BCUT2D eigenvalue weighted by molar-refractivity contribution is -0.118. The fraction of sp³-hybridized carbons (Fsp3) is 0.391. The molecule has 5 nitrogen and oxygen atoms in total. The van der Waals surface area contributed by atoms with E-state index >= 15 is 0 Å². The highest BCUT2D eigenvalue weighted by atomic mass is 32.1. The first-order valence-electron chi connectivity index (χ1n) is 10.3. The lowest BCUT2D eigenvalue weighted by Gasteiger charge is -2.24. The third kappa shape index (κ3) is 5.55. The van der Waals surface area contributed by atoms with Crippen LogP contribution in [-0.2, 0) is 11.2 Å². The molecule has 0 aliphatic rings. The first-order valence-corrected chi connectivity index (χ1v) is 11.2. The molecule has 0 atom stereocenters. The number of ether oxygens (including phenoxy) is 1. The molecule has 0 fully saturated rings. The van der Waals surface area contributed by atoms with Gasteiger partial charge in [0, 0.05) is 13.1 Å². The van der Waals surface area contributed by atoms with Gasteiger partial charge in [-0.1, -0.05) is 37.3 Å². The smallest absolute Gasteiger partial charge is 0.233 e. The van der Waals surface area contributed by atoms with E-state index in [1.165, 1.54) is 23.5 Å². The summed E-state index contributed by atoms with van der Waals surface area (Å²) in [6.07, 6.45) is 0.207. The number of rotatable bonds is 10. The highest BCUT2D eigenvalue weighted by Crippen LogP contribution is 2.32. The number of amides is 1. The van der Waals surface area contributed by atoms with Gasteiger partial charge in [-0.3, -0.25) is 9.69 Å². The minimum Gasteiger partial charge on any atom is -0.494 e. The SMILES string of the molecule is CCOc1ccc2nc(N(CCN(CC)CC)C(=O)Cc3ccc(F)cc3)sc2c1. The van der Waals surface area contributed by atoms with Gasteiger partial charge in [0.1, 0.15) is 11.6 Å². The van der Waals surface area contributed by atoms with E-state index in [-0.39, 0.29) is 18.1 Å². The van der Waals surface area contributed by atoms with Crippen LogP contribution in [0.1, 0.15) is 26.3 Å². The van der Waals surface area contributed by atoms with Crippen molar-refractivity contribution in [2.24, 2.45) is 0 Å². The van der Waals surface area contributed by atoms with Crippen LogP contribution in [0.3, 0.4) is 0 Å². The second kappa shape index (κ2) is 10.5. The van der Waals surface area contributed by atoms with Gasteiger partial charge in [-0.05, 0) is 55.9 Å².